The summed E-state index contributed by atoms with van der Waals surface area (Å²) < 4.78 is 20.0. The SMILES string of the molecule is FC(c1ccc(Br)cc1)C1CCOC1. The summed E-state index contributed by atoms with van der Waals surface area (Å²) >= 11 is 3.33. The van der Waals surface area contributed by atoms with E-state index >= 15 is 0 Å². The molecule has 0 aromatic heterocycles. The minimum absolute atomic E-state index is 0.0381. The Bertz CT molecular complexity index is 293. The Morgan fingerprint density at radius 2 is 2.07 bits per heavy atom. The Balaban J connectivity index is 2.09. The fraction of sp³-hybridized carbons (Fsp3) is 0.455. The lowest BCUT2D eigenvalue weighted by Gasteiger charge is -2.14. The lowest BCUT2D eigenvalue weighted by molar-refractivity contribution is 0.155. The molecule has 76 valence electrons. The van der Waals surface area contributed by atoms with E-state index in [1.807, 2.05) is 24.3 Å². The lowest BCUT2D eigenvalue weighted by Crippen LogP contribution is -2.08. The standard InChI is InChI=1S/C11H12BrFO/c12-10-3-1-8(2-4-10)11(13)9-5-6-14-7-9/h1-4,9,11H,5-7H2. The molecule has 0 saturated carbocycles. The van der Waals surface area contributed by atoms with Crippen LogP contribution >= 0.6 is 15.9 Å². The Hall–Kier alpha value is -0.410. The molecule has 1 heterocycles. The molecule has 0 radical (unpaired) electrons. The average molecular weight is 259 g/mol. The summed E-state index contributed by atoms with van der Waals surface area (Å²) in [5.74, 6) is 0.0381. The minimum Gasteiger partial charge on any atom is -0.381 e. The highest BCUT2D eigenvalue weighted by Gasteiger charge is 2.26. The first-order chi connectivity index (χ1) is 6.77. The summed E-state index contributed by atoms with van der Waals surface area (Å²) in [5.41, 5.74) is 0.753. The number of hydrogen-bond acceptors (Lipinski definition) is 1. The minimum atomic E-state index is -0.884. The van der Waals surface area contributed by atoms with Gasteiger partial charge in [-0.1, -0.05) is 28.1 Å². The molecule has 2 atom stereocenters. The molecule has 1 aromatic rings. The Morgan fingerprint density at radius 1 is 1.36 bits per heavy atom. The second kappa shape index (κ2) is 4.41. The summed E-state index contributed by atoms with van der Waals surface area (Å²) in [7, 11) is 0. The van der Waals surface area contributed by atoms with E-state index in [9.17, 15) is 4.39 Å². The van der Waals surface area contributed by atoms with Crippen molar-refractivity contribution in [3.05, 3.63) is 34.3 Å². The maximum Gasteiger partial charge on any atom is 0.130 e. The first kappa shape index (κ1) is 10.1. The van der Waals surface area contributed by atoms with Gasteiger partial charge in [0, 0.05) is 17.0 Å². The van der Waals surface area contributed by atoms with Gasteiger partial charge < -0.3 is 4.74 Å². The number of hydrogen-bond donors (Lipinski definition) is 0. The molecule has 3 heteroatoms. The van der Waals surface area contributed by atoms with Crippen molar-refractivity contribution in [2.45, 2.75) is 12.6 Å². The van der Waals surface area contributed by atoms with Crippen molar-refractivity contribution in [1.82, 2.24) is 0 Å². The van der Waals surface area contributed by atoms with Crippen molar-refractivity contribution in [1.29, 1.82) is 0 Å². The summed E-state index contributed by atoms with van der Waals surface area (Å²) in [4.78, 5) is 0. The lowest BCUT2D eigenvalue weighted by atomic mass is 9.97. The Kier molecular flexibility index (Phi) is 3.19. The molecule has 0 N–H and O–H groups in total. The van der Waals surface area contributed by atoms with Crippen LogP contribution in [0.25, 0.3) is 0 Å². The van der Waals surface area contributed by atoms with Gasteiger partial charge >= 0.3 is 0 Å². The van der Waals surface area contributed by atoms with Crippen molar-refractivity contribution in [2.75, 3.05) is 13.2 Å². The smallest absolute Gasteiger partial charge is 0.130 e. The van der Waals surface area contributed by atoms with Crippen LogP contribution in [0, 0.1) is 5.92 Å². The van der Waals surface area contributed by atoms with E-state index in [1.54, 1.807) is 0 Å². The number of rotatable bonds is 2. The van der Waals surface area contributed by atoms with Crippen molar-refractivity contribution in [3.8, 4) is 0 Å². The van der Waals surface area contributed by atoms with Crippen molar-refractivity contribution >= 4 is 15.9 Å². The first-order valence-corrected chi connectivity index (χ1v) is 5.54. The van der Waals surface area contributed by atoms with Gasteiger partial charge in [0.05, 0.1) is 6.61 Å². The third-order valence-corrected chi connectivity index (χ3v) is 3.10. The maximum absolute atomic E-state index is 13.9. The number of benzene rings is 1. The van der Waals surface area contributed by atoms with Crippen LogP contribution in [0.3, 0.4) is 0 Å². The van der Waals surface area contributed by atoms with Crippen LogP contribution in [0.15, 0.2) is 28.7 Å². The summed E-state index contributed by atoms with van der Waals surface area (Å²) in [6.45, 7) is 1.25. The van der Waals surface area contributed by atoms with Crippen molar-refractivity contribution < 1.29 is 9.13 Å². The number of halogens is 2. The van der Waals surface area contributed by atoms with Crippen molar-refractivity contribution in [3.63, 3.8) is 0 Å². The topological polar surface area (TPSA) is 9.23 Å². The van der Waals surface area contributed by atoms with Crippen LogP contribution in [0.4, 0.5) is 4.39 Å². The van der Waals surface area contributed by atoms with E-state index in [2.05, 4.69) is 15.9 Å². The quantitative estimate of drug-likeness (QED) is 0.789. The van der Waals surface area contributed by atoms with E-state index in [4.69, 9.17) is 4.74 Å². The third kappa shape index (κ3) is 2.15. The molecule has 1 aliphatic heterocycles. The predicted molar refractivity (Wildman–Crippen MR) is 56.9 cm³/mol. The fourth-order valence-electron chi connectivity index (χ4n) is 1.70. The zero-order chi connectivity index (χ0) is 9.97. The summed E-state index contributed by atoms with van der Waals surface area (Å²) in [6.07, 6.45) is -0.0531. The monoisotopic (exact) mass is 258 g/mol. The molecule has 0 bridgehead atoms. The molecule has 2 unspecified atom stereocenters. The van der Waals surface area contributed by atoms with Gasteiger partial charge in [0.15, 0.2) is 0 Å². The van der Waals surface area contributed by atoms with Crippen LogP contribution in [0.2, 0.25) is 0 Å². The van der Waals surface area contributed by atoms with Crippen LogP contribution in [0.5, 0.6) is 0 Å². The van der Waals surface area contributed by atoms with Gasteiger partial charge in [0.2, 0.25) is 0 Å². The number of alkyl halides is 1. The third-order valence-electron chi connectivity index (χ3n) is 2.57. The van der Waals surface area contributed by atoms with Crippen LogP contribution < -0.4 is 0 Å². The Labute approximate surface area is 91.4 Å². The van der Waals surface area contributed by atoms with Gasteiger partial charge in [-0.3, -0.25) is 0 Å². The molecular weight excluding hydrogens is 247 g/mol. The Morgan fingerprint density at radius 3 is 2.64 bits per heavy atom. The van der Waals surface area contributed by atoms with Crippen molar-refractivity contribution in [2.24, 2.45) is 5.92 Å². The van der Waals surface area contributed by atoms with E-state index in [-0.39, 0.29) is 5.92 Å². The summed E-state index contributed by atoms with van der Waals surface area (Å²) in [5, 5.41) is 0. The van der Waals surface area contributed by atoms with Crippen LogP contribution in [0.1, 0.15) is 18.2 Å². The molecule has 1 fully saturated rings. The molecule has 0 aliphatic carbocycles. The van der Waals surface area contributed by atoms with Gasteiger partial charge in [0.1, 0.15) is 6.17 Å². The van der Waals surface area contributed by atoms with Gasteiger partial charge in [-0.05, 0) is 24.1 Å². The normalized spacial score (nSPS) is 23.7. The first-order valence-electron chi connectivity index (χ1n) is 4.74. The zero-order valence-electron chi connectivity index (χ0n) is 7.75. The molecule has 0 amide bonds. The highest BCUT2D eigenvalue weighted by molar-refractivity contribution is 9.10. The van der Waals surface area contributed by atoms with E-state index in [0.29, 0.717) is 13.2 Å². The predicted octanol–water partition coefficient (Wildman–Crippen LogP) is 3.50. The van der Waals surface area contributed by atoms with E-state index < -0.39 is 6.17 Å². The van der Waals surface area contributed by atoms with Gasteiger partial charge in [-0.25, -0.2) is 4.39 Å². The highest BCUT2D eigenvalue weighted by Crippen LogP contribution is 2.32. The zero-order valence-corrected chi connectivity index (χ0v) is 9.34. The van der Waals surface area contributed by atoms with Gasteiger partial charge in [-0.15, -0.1) is 0 Å². The molecule has 1 saturated heterocycles. The maximum atomic E-state index is 13.9. The van der Waals surface area contributed by atoms with Gasteiger partial charge in [-0.2, -0.15) is 0 Å². The molecular formula is C11H12BrFO. The molecule has 1 aliphatic rings. The molecule has 2 rings (SSSR count). The molecule has 1 nitrogen and oxygen atoms in total. The van der Waals surface area contributed by atoms with E-state index in [1.165, 1.54) is 0 Å². The summed E-state index contributed by atoms with van der Waals surface area (Å²) in [6, 6.07) is 7.40. The highest BCUT2D eigenvalue weighted by atomic mass is 79.9. The van der Waals surface area contributed by atoms with Crippen LogP contribution in [-0.4, -0.2) is 13.2 Å². The second-order valence-corrected chi connectivity index (χ2v) is 4.49. The largest absolute Gasteiger partial charge is 0.381 e. The van der Waals surface area contributed by atoms with Gasteiger partial charge in [0.25, 0.3) is 0 Å². The molecule has 1 aromatic carbocycles. The molecule has 0 spiro atoms. The molecule has 14 heavy (non-hydrogen) atoms. The second-order valence-electron chi connectivity index (χ2n) is 3.58. The fourth-order valence-corrected chi connectivity index (χ4v) is 1.97. The number of ether oxygens (including phenoxy) is 1. The average Bonchev–Trinajstić information content (AvgIpc) is 2.71. The van der Waals surface area contributed by atoms with Crippen LogP contribution in [-0.2, 0) is 4.74 Å². The van der Waals surface area contributed by atoms with E-state index in [0.717, 1.165) is 16.5 Å².